The molecule has 0 fully saturated rings. The molecule has 0 N–H and O–H groups in total. The van der Waals surface area contributed by atoms with Crippen molar-refractivity contribution in [1.29, 1.82) is 0 Å². The third-order valence-corrected chi connectivity index (χ3v) is 5.49. The third kappa shape index (κ3) is 12.2. The second-order valence-corrected chi connectivity index (χ2v) is 10.8. The number of halogens is 2. The van der Waals surface area contributed by atoms with E-state index in [0.717, 1.165) is 9.52 Å². The van der Waals surface area contributed by atoms with Crippen molar-refractivity contribution in [3.05, 3.63) is 95.6 Å². The van der Waals surface area contributed by atoms with E-state index in [9.17, 15) is 0 Å². The number of hydrogen-bond acceptors (Lipinski definition) is 0. The van der Waals surface area contributed by atoms with Crippen LogP contribution in [0.1, 0.15) is 57.2 Å². The number of aryl methyl sites for hydroxylation is 2. The quantitative estimate of drug-likeness (QED) is 0.249. The van der Waals surface area contributed by atoms with Crippen LogP contribution in [0.5, 0.6) is 0 Å². The van der Waals surface area contributed by atoms with E-state index in [4.69, 9.17) is 0 Å². The normalized spacial score (nSPS) is 9.91. The van der Waals surface area contributed by atoms with E-state index in [-0.39, 0.29) is 56.4 Å². The van der Waals surface area contributed by atoms with Crippen LogP contribution in [0.4, 0.5) is 0 Å². The largest absolute Gasteiger partial charge is 4.00 e. The molecular weight excluding hydrogens is 563 g/mol. The molecule has 0 aliphatic rings. The van der Waals surface area contributed by atoms with E-state index in [1.165, 1.54) is 57.9 Å². The Morgan fingerprint density at radius 3 is 1.97 bits per heavy atom. The van der Waals surface area contributed by atoms with Crippen molar-refractivity contribution < 1.29 is 51.0 Å². The van der Waals surface area contributed by atoms with Crippen LogP contribution in [-0.4, -0.2) is 9.52 Å². The van der Waals surface area contributed by atoms with Gasteiger partial charge in [-0.05, 0) is 11.0 Å². The summed E-state index contributed by atoms with van der Waals surface area (Å²) < 4.78 is 0. The van der Waals surface area contributed by atoms with Gasteiger partial charge in [0.2, 0.25) is 0 Å². The van der Waals surface area contributed by atoms with E-state index in [0.29, 0.717) is 0 Å². The van der Waals surface area contributed by atoms with Crippen molar-refractivity contribution in [3.63, 3.8) is 0 Å². The Morgan fingerprint density at radius 2 is 1.49 bits per heavy atom. The summed E-state index contributed by atoms with van der Waals surface area (Å²) in [5.41, 5.74) is 7.10. The maximum Gasteiger partial charge on any atom is 4.00 e. The standard InChI is InChI=1S/C19H19.C10H15.C2H7Si.2ClH.Zr/c1-19(2,3)18-10-8-14(9-11-18)17-12-15-6-4-5-7-16(15)13-17;1-3-4-5-10-7-6-9(2)8-10;1-3-2;;;/h4-13H,1-3H3;6-8H,3-5H2,1-2H3;3H,1-2H3;2*1H;/q2*-1;;;;+4/p-2. The van der Waals surface area contributed by atoms with E-state index in [2.05, 4.69) is 127 Å². The first-order valence-corrected chi connectivity index (χ1v) is 14.3. The van der Waals surface area contributed by atoms with Gasteiger partial charge in [0.1, 0.15) is 0 Å². The number of rotatable bonds is 4. The summed E-state index contributed by atoms with van der Waals surface area (Å²) in [4.78, 5) is 0. The first kappa shape index (κ1) is 36.2. The zero-order chi connectivity index (χ0) is 23.6. The van der Waals surface area contributed by atoms with Crippen LogP contribution in [-0.2, 0) is 38.0 Å². The first-order valence-electron chi connectivity index (χ1n) is 12.0. The van der Waals surface area contributed by atoms with Gasteiger partial charge in [-0.25, -0.2) is 6.07 Å². The summed E-state index contributed by atoms with van der Waals surface area (Å²) in [7, 11) is 0.750. The van der Waals surface area contributed by atoms with Crippen LogP contribution in [0.25, 0.3) is 21.9 Å². The van der Waals surface area contributed by atoms with Crippen LogP contribution in [0, 0.1) is 6.92 Å². The average molecular weight is 604 g/mol. The molecule has 0 heterocycles. The van der Waals surface area contributed by atoms with Gasteiger partial charge in [-0.1, -0.05) is 115 Å². The average Bonchev–Trinajstić information content (AvgIpc) is 3.39. The van der Waals surface area contributed by atoms with Crippen LogP contribution < -0.4 is 24.8 Å². The zero-order valence-corrected chi connectivity index (χ0v) is 27.6. The van der Waals surface area contributed by atoms with Crippen molar-refractivity contribution in [1.82, 2.24) is 0 Å². The van der Waals surface area contributed by atoms with Crippen molar-refractivity contribution in [2.45, 2.75) is 72.4 Å². The van der Waals surface area contributed by atoms with Crippen LogP contribution in [0.2, 0.25) is 13.1 Å². The summed E-state index contributed by atoms with van der Waals surface area (Å²) in [5.74, 6) is 0. The predicted octanol–water partition coefficient (Wildman–Crippen LogP) is 3.10. The minimum Gasteiger partial charge on any atom is -1.00 e. The van der Waals surface area contributed by atoms with E-state index < -0.39 is 0 Å². The van der Waals surface area contributed by atoms with Gasteiger partial charge in [-0.15, -0.1) is 34.5 Å². The topological polar surface area (TPSA) is 0 Å². The summed E-state index contributed by atoms with van der Waals surface area (Å²) in [6.07, 6.45) is 3.87. The molecule has 0 nitrogen and oxygen atoms in total. The second kappa shape index (κ2) is 18.3. The number of hydrogen-bond donors (Lipinski definition) is 0. The maximum absolute atomic E-state index is 2.27. The zero-order valence-electron chi connectivity index (χ0n) is 22.5. The molecule has 0 aliphatic heterocycles. The molecule has 0 saturated carbocycles. The molecule has 4 aromatic rings. The Hall–Kier alpha value is -0.920. The number of benzene rings is 2. The Balaban J connectivity index is 0. The monoisotopic (exact) mass is 601 g/mol. The van der Waals surface area contributed by atoms with Crippen molar-refractivity contribution >= 4 is 20.3 Å². The molecule has 0 saturated heterocycles. The maximum atomic E-state index is 2.27. The van der Waals surface area contributed by atoms with Crippen LogP contribution >= 0.6 is 0 Å². The van der Waals surface area contributed by atoms with Gasteiger partial charge < -0.3 is 24.8 Å². The number of fused-ring (bicyclic) bond motifs is 1. The third-order valence-electron chi connectivity index (χ3n) is 5.49. The van der Waals surface area contributed by atoms with Gasteiger partial charge in [0, 0.05) is 9.52 Å². The van der Waals surface area contributed by atoms with Crippen molar-refractivity contribution in [2.75, 3.05) is 0 Å². The minimum absolute atomic E-state index is 0. The fourth-order valence-corrected chi connectivity index (χ4v) is 3.64. The van der Waals surface area contributed by atoms with E-state index >= 15 is 0 Å². The fourth-order valence-electron chi connectivity index (χ4n) is 3.64. The summed E-state index contributed by atoms with van der Waals surface area (Å²) in [5, 5.41) is 2.63. The SMILES string of the molecule is CC(C)(C)c1ccc(-c2cc3ccccc3[cH-]2)cc1.CCCCc1c[cH-]c(C)c1.C[SiH]C.[Cl-].[Cl-].[Zr+4]. The molecule has 35 heavy (non-hydrogen) atoms. The van der Waals surface area contributed by atoms with Gasteiger partial charge >= 0.3 is 26.2 Å². The Bertz CT molecular complexity index is 1020. The smallest absolute Gasteiger partial charge is 1.00 e. The molecule has 0 bridgehead atoms. The molecular formula is C31H41Cl2SiZr. The minimum atomic E-state index is 0. The molecule has 4 aromatic carbocycles. The van der Waals surface area contributed by atoms with Gasteiger partial charge in [0.15, 0.2) is 0 Å². The first-order chi connectivity index (χ1) is 15.3. The molecule has 187 valence electrons. The van der Waals surface area contributed by atoms with Gasteiger partial charge in [-0.3, -0.25) is 0 Å². The summed E-state index contributed by atoms with van der Waals surface area (Å²) in [6, 6.07) is 28.7. The number of unbranched alkanes of at least 4 members (excludes halogenated alkanes) is 1. The molecule has 0 aliphatic carbocycles. The van der Waals surface area contributed by atoms with Crippen molar-refractivity contribution in [3.8, 4) is 11.1 Å². The second-order valence-electron chi connectivity index (χ2n) is 9.68. The molecule has 0 aromatic heterocycles. The Morgan fingerprint density at radius 1 is 0.886 bits per heavy atom. The Labute approximate surface area is 248 Å². The summed E-state index contributed by atoms with van der Waals surface area (Å²) >= 11 is 0. The van der Waals surface area contributed by atoms with Crippen LogP contribution in [0.15, 0.2) is 78.9 Å². The molecule has 0 spiro atoms. The Kier molecular flexibility index (Phi) is 19.0. The molecule has 4 rings (SSSR count). The molecule has 0 unspecified atom stereocenters. The van der Waals surface area contributed by atoms with Crippen molar-refractivity contribution in [2.24, 2.45) is 0 Å². The van der Waals surface area contributed by atoms with E-state index in [1.807, 2.05) is 0 Å². The summed E-state index contributed by atoms with van der Waals surface area (Å²) in [6.45, 7) is 15.5. The predicted molar refractivity (Wildman–Crippen MR) is 148 cm³/mol. The van der Waals surface area contributed by atoms with E-state index in [1.54, 1.807) is 0 Å². The molecule has 0 amide bonds. The van der Waals surface area contributed by atoms with Gasteiger partial charge in [0.25, 0.3) is 0 Å². The molecule has 4 heteroatoms. The van der Waals surface area contributed by atoms with Crippen LogP contribution in [0.3, 0.4) is 0 Å². The van der Waals surface area contributed by atoms with Gasteiger partial charge in [0.05, 0.1) is 0 Å². The molecule has 0 atom stereocenters. The molecule has 1 radical (unpaired) electrons. The van der Waals surface area contributed by atoms with Gasteiger partial charge in [-0.2, -0.15) is 23.3 Å². The fraction of sp³-hybridized carbons (Fsp3) is 0.355.